The van der Waals surface area contributed by atoms with Gasteiger partial charge in [0.25, 0.3) is 0 Å². The first-order chi connectivity index (χ1) is 13.6. The number of nitrogens with zero attached hydrogens (tertiary/aromatic N) is 1. The van der Waals surface area contributed by atoms with Crippen molar-refractivity contribution >= 4 is 21.6 Å². The Bertz CT molecular complexity index is 940. The molecule has 0 radical (unpaired) electrons. The van der Waals surface area contributed by atoms with Gasteiger partial charge in [-0.2, -0.15) is 4.31 Å². The Balaban J connectivity index is 1.60. The van der Waals surface area contributed by atoms with Crippen LogP contribution in [0.2, 0.25) is 0 Å². The summed E-state index contributed by atoms with van der Waals surface area (Å²) >= 11 is 0. The number of hydrogen-bond donors (Lipinski definition) is 1. The van der Waals surface area contributed by atoms with Crippen LogP contribution >= 0.6 is 0 Å². The van der Waals surface area contributed by atoms with E-state index in [4.69, 9.17) is 0 Å². The van der Waals surface area contributed by atoms with Gasteiger partial charge in [-0.05, 0) is 49.2 Å². The molecule has 29 heavy (non-hydrogen) atoms. The Hall–Kier alpha value is -2.59. The summed E-state index contributed by atoms with van der Waals surface area (Å²) in [6.07, 6.45) is -4.14. The van der Waals surface area contributed by atoms with Gasteiger partial charge in [-0.25, -0.2) is 8.42 Å². The first-order valence-corrected chi connectivity index (χ1v) is 10.3. The van der Waals surface area contributed by atoms with Gasteiger partial charge in [0.2, 0.25) is 15.9 Å². The number of carbonyl (C=O) groups is 1. The minimum atomic E-state index is -4.84. The Morgan fingerprint density at radius 3 is 2.14 bits per heavy atom. The van der Waals surface area contributed by atoms with Crippen molar-refractivity contribution in [2.24, 2.45) is 5.92 Å². The van der Waals surface area contributed by atoms with Gasteiger partial charge in [0.1, 0.15) is 5.75 Å². The molecular weight excluding hydrogens is 409 g/mol. The topological polar surface area (TPSA) is 75.7 Å². The van der Waals surface area contributed by atoms with Crippen LogP contribution in [0.25, 0.3) is 0 Å². The molecule has 3 rings (SSSR count). The molecule has 1 aliphatic heterocycles. The first kappa shape index (κ1) is 21.1. The molecule has 0 aromatic heterocycles. The third kappa shape index (κ3) is 5.48. The van der Waals surface area contributed by atoms with Crippen molar-refractivity contribution in [1.29, 1.82) is 0 Å². The van der Waals surface area contributed by atoms with E-state index in [2.05, 4.69) is 10.1 Å². The number of amides is 1. The maximum absolute atomic E-state index is 12.7. The smallest absolute Gasteiger partial charge is 0.406 e. The number of alkyl halides is 3. The number of para-hydroxylation sites is 1. The van der Waals surface area contributed by atoms with Crippen LogP contribution in [0, 0.1) is 5.92 Å². The van der Waals surface area contributed by atoms with Gasteiger partial charge in [-0.1, -0.05) is 18.2 Å². The molecule has 0 saturated carbocycles. The van der Waals surface area contributed by atoms with Crippen LogP contribution < -0.4 is 10.1 Å². The number of sulfonamides is 1. The number of halogens is 3. The van der Waals surface area contributed by atoms with Gasteiger partial charge in [0, 0.05) is 24.7 Å². The second-order valence-corrected chi connectivity index (χ2v) is 8.49. The average Bonchev–Trinajstić information content (AvgIpc) is 2.68. The Morgan fingerprint density at radius 1 is 1.00 bits per heavy atom. The van der Waals surface area contributed by atoms with Crippen molar-refractivity contribution < 1.29 is 31.1 Å². The molecule has 6 nitrogen and oxygen atoms in total. The van der Waals surface area contributed by atoms with Crippen molar-refractivity contribution in [2.45, 2.75) is 24.1 Å². The predicted octanol–water partition coefficient (Wildman–Crippen LogP) is 3.62. The lowest BCUT2D eigenvalue weighted by Gasteiger charge is -2.30. The molecule has 0 aliphatic carbocycles. The van der Waals surface area contributed by atoms with Gasteiger partial charge in [0.05, 0.1) is 4.90 Å². The van der Waals surface area contributed by atoms with E-state index in [1.807, 2.05) is 6.07 Å². The fraction of sp³-hybridized carbons (Fsp3) is 0.316. The third-order valence-electron chi connectivity index (χ3n) is 4.56. The monoisotopic (exact) mass is 428 g/mol. The van der Waals surface area contributed by atoms with Gasteiger partial charge in [0.15, 0.2) is 0 Å². The highest BCUT2D eigenvalue weighted by Crippen LogP contribution is 2.28. The highest BCUT2D eigenvalue weighted by molar-refractivity contribution is 7.89. The predicted molar refractivity (Wildman–Crippen MR) is 99.7 cm³/mol. The van der Waals surface area contributed by atoms with Crippen LogP contribution in [0.4, 0.5) is 18.9 Å². The van der Waals surface area contributed by atoms with Crippen LogP contribution in [0.15, 0.2) is 59.5 Å². The molecule has 156 valence electrons. The van der Waals surface area contributed by atoms with Crippen LogP contribution in [-0.4, -0.2) is 38.1 Å². The molecule has 1 N–H and O–H groups in total. The standard InChI is InChI=1S/C19H19F3N2O4S/c20-19(21,22)28-16-6-8-17(9-7-16)29(26,27)24-12-10-14(11-13-24)18(25)23-15-4-2-1-3-5-15/h1-9,14H,10-13H2,(H,23,25). The van der Waals surface area contributed by atoms with Crippen molar-refractivity contribution in [3.8, 4) is 5.75 Å². The molecule has 0 bridgehead atoms. The number of rotatable bonds is 5. The van der Waals surface area contributed by atoms with Crippen LogP contribution in [0.1, 0.15) is 12.8 Å². The Kier molecular flexibility index (Phi) is 6.13. The molecular formula is C19H19F3N2O4S. The maximum Gasteiger partial charge on any atom is 0.573 e. The molecule has 1 amide bonds. The normalized spacial score (nSPS) is 16.4. The maximum atomic E-state index is 12.7. The second kappa shape index (κ2) is 8.42. The Labute approximate surface area is 166 Å². The summed E-state index contributed by atoms with van der Waals surface area (Å²) in [4.78, 5) is 12.2. The quantitative estimate of drug-likeness (QED) is 0.789. The van der Waals surface area contributed by atoms with E-state index in [1.165, 1.54) is 4.31 Å². The van der Waals surface area contributed by atoms with E-state index in [0.717, 1.165) is 24.3 Å². The number of nitrogens with one attached hydrogen (secondary N) is 1. The molecule has 1 fully saturated rings. The summed E-state index contributed by atoms with van der Waals surface area (Å²) in [6.45, 7) is 0.298. The van der Waals surface area contributed by atoms with Gasteiger partial charge in [-0.15, -0.1) is 13.2 Å². The lowest BCUT2D eigenvalue weighted by molar-refractivity contribution is -0.274. The zero-order valence-corrected chi connectivity index (χ0v) is 16.0. The summed E-state index contributed by atoms with van der Waals surface area (Å²) < 4.78 is 67.1. The van der Waals surface area contributed by atoms with E-state index < -0.39 is 22.1 Å². The molecule has 10 heteroatoms. The number of carbonyl (C=O) groups excluding carboxylic acids is 1. The molecule has 0 unspecified atom stereocenters. The van der Waals surface area contributed by atoms with Gasteiger partial charge in [-0.3, -0.25) is 4.79 Å². The lowest BCUT2D eigenvalue weighted by atomic mass is 9.97. The molecule has 1 aliphatic rings. The second-order valence-electron chi connectivity index (χ2n) is 6.55. The molecule has 2 aromatic carbocycles. The largest absolute Gasteiger partial charge is 0.573 e. The number of anilines is 1. The highest BCUT2D eigenvalue weighted by atomic mass is 32.2. The van der Waals surface area contributed by atoms with Gasteiger partial charge >= 0.3 is 6.36 Å². The van der Waals surface area contributed by atoms with E-state index in [0.29, 0.717) is 18.5 Å². The lowest BCUT2D eigenvalue weighted by Crippen LogP contribution is -2.41. The third-order valence-corrected chi connectivity index (χ3v) is 6.47. The first-order valence-electron chi connectivity index (χ1n) is 8.87. The van der Waals surface area contributed by atoms with E-state index in [1.54, 1.807) is 24.3 Å². The average molecular weight is 428 g/mol. The number of piperidine rings is 1. The Morgan fingerprint density at radius 2 is 1.59 bits per heavy atom. The summed E-state index contributed by atoms with van der Waals surface area (Å²) in [6, 6.07) is 13.0. The summed E-state index contributed by atoms with van der Waals surface area (Å²) in [5.74, 6) is -0.973. The van der Waals surface area contributed by atoms with E-state index >= 15 is 0 Å². The van der Waals surface area contributed by atoms with Gasteiger partial charge < -0.3 is 10.1 Å². The minimum absolute atomic E-state index is 0.126. The zero-order valence-electron chi connectivity index (χ0n) is 15.2. The molecule has 1 heterocycles. The van der Waals surface area contributed by atoms with Crippen molar-refractivity contribution in [2.75, 3.05) is 18.4 Å². The number of hydrogen-bond acceptors (Lipinski definition) is 4. The SMILES string of the molecule is O=C(Nc1ccccc1)C1CCN(S(=O)(=O)c2ccc(OC(F)(F)F)cc2)CC1. The van der Waals surface area contributed by atoms with E-state index in [9.17, 15) is 26.4 Å². The van der Waals surface area contributed by atoms with E-state index in [-0.39, 0.29) is 29.8 Å². The fourth-order valence-electron chi connectivity index (χ4n) is 3.09. The van der Waals surface area contributed by atoms with Crippen LogP contribution in [-0.2, 0) is 14.8 Å². The molecule has 0 spiro atoms. The molecule has 1 saturated heterocycles. The van der Waals surface area contributed by atoms with Crippen molar-refractivity contribution in [1.82, 2.24) is 4.31 Å². The van der Waals surface area contributed by atoms with Crippen molar-refractivity contribution in [3.05, 3.63) is 54.6 Å². The summed E-state index contributed by atoms with van der Waals surface area (Å²) in [5.41, 5.74) is 0.675. The summed E-state index contributed by atoms with van der Waals surface area (Å²) in [7, 11) is -3.87. The number of ether oxygens (including phenoxy) is 1. The fourth-order valence-corrected chi connectivity index (χ4v) is 4.56. The summed E-state index contributed by atoms with van der Waals surface area (Å²) in [5, 5.41) is 2.81. The van der Waals surface area contributed by atoms with Crippen molar-refractivity contribution in [3.63, 3.8) is 0 Å². The molecule has 2 aromatic rings. The minimum Gasteiger partial charge on any atom is -0.406 e. The zero-order chi connectivity index (χ0) is 21.1. The van der Waals surface area contributed by atoms with Crippen LogP contribution in [0.5, 0.6) is 5.75 Å². The highest BCUT2D eigenvalue weighted by Gasteiger charge is 2.33. The number of benzene rings is 2. The molecule has 0 atom stereocenters. The van der Waals surface area contributed by atoms with Crippen LogP contribution in [0.3, 0.4) is 0 Å².